The lowest BCUT2D eigenvalue weighted by molar-refractivity contribution is -0.137. The van der Waals surface area contributed by atoms with E-state index in [0.717, 1.165) is 0 Å². The highest BCUT2D eigenvalue weighted by Crippen LogP contribution is 2.44. The minimum absolute atomic E-state index is 0.109. The van der Waals surface area contributed by atoms with E-state index in [-0.39, 0.29) is 24.5 Å². The van der Waals surface area contributed by atoms with E-state index in [1.165, 1.54) is 6.20 Å². The highest BCUT2D eigenvalue weighted by Gasteiger charge is 2.43. The molecule has 2 aliphatic rings. The van der Waals surface area contributed by atoms with Gasteiger partial charge in [0.1, 0.15) is 11.5 Å². The number of pyridine rings is 1. The number of rotatable bonds is 1. The van der Waals surface area contributed by atoms with E-state index in [9.17, 15) is 22.0 Å². The Kier molecular flexibility index (Phi) is 5.02. The summed E-state index contributed by atoms with van der Waals surface area (Å²) in [5, 5.41) is 10.7. The van der Waals surface area contributed by atoms with Gasteiger partial charge in [-0.15, -0.1) is 0 Å². The van der Waals surface area contributed by atoms with Crippen LogP contribution in [0.3, 0.4) is 0 Å². The van der Waals surface area contributed by atoms with Crippen molar-refractivity contribution >= 4 is 23.2 Å². The van der Waals surface area contributed by atoms with Crippen molar-refractivity contribution in [3.63, 3.8) is 0 Å². The molecule has 0 saturated carbocycles. The molecule has 30 heavy (non-hydrogen) atoms. The molecule has 0 aliphatic carbocycles. The van der Waals surface area contributed by atoms with Gasteiger partial charge >= 0.3 is 6.18 Å². The Morgan fingerprint density at radius 2 is 2.07 bits per heavy atom. The van der Waals surface area contributed by atoms with E-state index in [0.29, 0.717) is 36.1 Å². The highest BCUT2D eigenvalue weighted by molar-refractivity contribution is 6.31. The first-order chi connectivity index (χ1) is 14.2. The fourth-order valence-corrected chi connectivity index (χ4v) is 4.35. The quantitative estimate of drug-likeness (QED) is 0.171. The maximum atomic E-state index is 14.3. The molecule has 3 heterocycles. The number of hydrogen-bond acceptors (Lipinski definition) is 3. The number of nitrogens with one attached hydrogen (secondary N) is 1. The summed E-state index contributed by atoms with van der Waals surface area (Å²) in [6, 6.07) is 2.06. The molecular formula is C19H13ClF5N5. The minimum Gasteiger partial charge on any atom is -0.331 e. The molecule has 2 aromatic rings. The highest BCUT2D eigenvalue weighted by atomic mass is 35.5. The SMILES string of the molecule is N#CNC(=Nc1cc(C(F)(F)F)c(Cl)cc1F)N1[C@@H]2CC[C@H]1c1ccnc(F)c1C2. The van der Waals surface area contributed by atoms with Crippen LogP contribution in [-0.2, 0) is 12.6 Å². The van der Waals surface area contributed by atoms with Crippen LogP contribution < -0.4 is 5.32 Å². The van der Waals surface area contributed by atoms with Crippen LogP contribution in [-0.4, -0.2) is 21.9 Å². The number of nitriles is 1. The van der Waals surface area contributed by atoms with Crippen molar-refractivity contribution in [3.05, 3.63) is 57.9 Å². The first-order valence-electron chi connectivity index (χ1n) is 8.92. The molecule has 0 unspecified atom stereocenters. The third-order valence-corrected chi connectivity index (χ3v) is 5.63. The van der Waals surface area contributed by atoms with Crippen molar-refractivity contribution in [3.8, 4) is 6.19 Å². The number of guanidine groups is 1. The largest absolute Gasteiger partial charge is 0.417 e. The van der Waals surface area contributed by atoms with Crippen molar-refractivity contribution in [1.29, 1.82) is 5.26 Å². The number of aliphatic imine (C=N–C) groups is 1. The zero-order chi connectivity index (χ0) is 21.6. The van der Waals surface area contributed by atoms with Gasteiger partial charge in [0.2, 0.25) is 11.9 Å². The summed E-state index contributed by atoms with van der Waals surface area (Å²) in [5.74, 6) is -1.75. The van der Waals surface area contributed by atoms with E-state index >= 15 is 0 Å². The van der Waals surface area contributed by atoms with Crippen molar-refractivity contribution in [1.82, 2.24) is 15.2 Å². The molecule has 1 aromatic carbocycles. The summed E-state index contributed by atoms with van der Waals surface area (Å²) in [6.07, 6.45) is -0.245. The van der Waals surface area contributed by atoms with Crippen LogP contribution in [0.1, 0.15) is 35.6 Å². The molecule has 2 aliphatic heterocycles. The smallest absolute Gasteiger partial charge is 0.331 e. The van der Waals surface area contributed by atoms with Gasteiger partial charge in [-0.05, 0) is 43.0 Å². The van der Waals surface area contributed by atoms with Crippen molar-refractivity contribution in [2.45, 2.75) is 37.5 Å². The van der Waals surface area contributed by atoms with Crippen LogP contribution in [0.5, 0.6) is 0 Å². The van der Waals surface area contributed by atoms with Crippen molar-refractivity contribution in [2.24, 2.45) is 4.99 Å². The minimum atomic E-state index is -4.80. The van der Waals surface area contributed by atoms with Gasteiger partial charge in [-0.2, -0.15) is 22.8 Å². The molecule has 1 N–H and O–H groups in total. The van der Waals surface area contributed by atoms with Gasteiger partial charge in [0, 0.05) is 17.8 Å². The Morgan fingerprint density at radius 3 is 2.77 bits per heavy atom. The Labute approximate surface area is 172 Å². The van der Waals surface area contributed by atoms with Gasteiger partial charge in [-0.3, -0.25) is 5.32 Å². The van der Waals surface area contributed by atoms with E-state index in [1.807, 2.05) is 0 Å². The van der Waals surface area contributed by atoms with Crippen LogP contribution in [0.4, 0.5) is 27.6 Å². The molecule has 11 heteroatoms. The Morgan fingerprint density at radius 1 is 1.30 bits per heavy atom. The normalized spacial score (nSPS) is 20.7. The summed E-state index contributed by atoms with van der Waals surface area (Å²) in [7, 11) is 0. The van der Waals surface area contributed by atoms with Crippen LogP contribution in [0, 0.1) is 23.2 Å². The molecule has 0 radical (unpaired) electrons. The maximum absolute atomic E-state index is 14.3. The number of aromatic nitrogens is 1. The molecule has 4 rings (SSSR count). The van der Waals surface area contributed by atoms with E-state index < -0.39 is 34.2 Å². The van der Waals surface area contributed by atoms with Crippen LogP contribution in [0.2, 0.25) is 5.02 Å². The van der Waals surface area contributed by atoms with Gasteiger partial charge in [-0.1, -0.05) is 11.6 Å². The lowest BCUT2D eigenvalue weighted by atomic mass is 9.95. The summed E-state index contributed by atoms with van der Waals surface area (Å²) in [4.78, 5) is 9.34. The molecule has 2 atom stereocenters. The number of halogens is 6. The molecular weight excluding hydrogens is 429 g/mol. The lowest BCUT2D eigenvalue weighted by Gasteiger charge is -2.37. The van der Waals surface area contributed by atoms with Gasteiger partial charge in [0.25, 0.3) is 0 Å². The van der Waals surface area contributed by atoms with Crippen molar-refractivity contribution in [2.75, 3.05) is 0 Å². The molecule has 0 spiro atoms. The topological polar surface area (TPSA) is 64.3 Å². The van der Waals surface area contributed by atoms with E-state index in [1.54, 1.807) is 17.2 Å². The molecule has 1 saturated heterocycles. The lowest BCUT2D eigenvalue weighted by Crippen LogP contribution is -2.47. The second kappa shape index (κ2) is 7.40. The summed E-state index contributed by atoms with van der Waals surface area (Å²) < 4.78 is 67.9. The average molecular weight is 442 g/mol. The van der Waals surface area contributed by atoms with Crippen molar-refractivity contribution < 1.29 is 22.0 Å². The number of hydrogen-bond donors (Lipinski definition) is 1. The fraction of sp³-hybridized carbons (Fsp3) is 0.316. The predicted molar refractivity (Wildman–Crippen MR) is 97.8 cm³/mol. The summed E-state index contributed by atoms with van der Waals surface area (Å²) in [6.45, 7) is 0. The predicted octanol–water partition coefficient (Wildman–Crippen LogP) is 4.85. The number of nitrogens with zero attached hydrogens (tertiary/aromatic N) is 4. The van der Waals surface area contributed by atoms with E-state index in [2.05, 4.69) is 15.3 Å². The first-order valence-corrected chi connectivity index (χ1v) is 9.30. The van der Waals surface area contributed by atoms with Crippen LogP contribution >= 0.6 is 11.6 Å². The Hall–Kier alpha value is -2.93. The average Bonchev–Trinajstić information content (AvgIpc) is 2.97. The van der Waals surface area contributed by atoms with Gasteiger partial charge < -0.3 is 4.90 Å². The van der Waals surface area contributed by atoms with Gasteiger partial charge in [-0.25, -0.2) is 14.4 Å². The van der Waals surface area contributed by atoms with Crippen LogP contribution in [0.25, 0.3) is 0 Å². The number of benzene rings is 1. The molecule has 1 aromatic heterocycles. The molecule has 0 amide bonds. The Bertz CT molecular complexity index is 1080. The third kappa shape index (κ3) is 3.43. The standard InChI is InChI=1S/C19H13ClF5N5/c20-13-7-14(21)15(6-12(13)19(23,24)25)29-18(28-8-26)30-9-1-2-16(30)10-3-4-27-17(22)11(10)5-9/h3-4,6-7,9,16H,1-2,5H2,(H,28,29)/t9-,16+/m1/s1. The molecule has 156 valence electrons. The molecule has 5 nitrogen and oxygen atoms in total. The number of alkyl halides is 3. The molecule has 1 fully saturated rings. The van der Waals surface area contributed by atoms with Gasteiger partial charge in [0.15, 0.2) is 6.19 Å². The second-order valence-electron chi connectivity index (χ2n) is 6.98. The number of fused-ring (bicyclic) bond motifs is 4. The zero-order valence-electron chi connectivity index (χ0n) is 15.1. The Balaban J connectivity index is 1.80. The van der Waals surface area contributed by atoms with E-state index in [4.69, 9.17) is 16.9 Å². The fourth-order valence-electron chi connectivity index (χ4n) is 4.09. The van der Waals surface area contributed by atoms with Crippen LogP contribution in [0.15, 0.2) is 29.4 Å². The zero-order valence-corrected chi connectivity index (χ0v) is 15.9. The molecule has 2 bridgehead atoms. The monoisotopic (exact) mass is 441 g/mol. The van der Waals surface area contributed by atoms with Gasteiger partial charge in [0.05, 0.1) is 16.6 Å². The summed E-state index contributed by atoms with van der Waals surface area (Å²) >= 11 is 5.53. The maximum Gasteiger partial charge on any atom is 0.417 e. The second-order valence-corrected chi connectivity index (χ2v) is 7.39. The third-order valence-electron chi connectivity index (χ3n) is 5.32. The first kappa shape index (κ1) is 20.3. The summed E-state index contributed by atoms with van der Waals surface area (Å²) in [5.41, 5.74) is -0.720.